The number of hydrogen-bond acceptors (Lipinski definition) is 2. The van der Waals surface area contributed by atoms with Crippen LogP contribution in [0.5, 0.6) is 0 Å². The van der Waals surface area contributed by atoms with Crippen molar-refractivity contribution in [2.24, 2.45) is 0 Å². The summed E-state index contributed by atoms with van der Waals surface area (Å²) in [5.41, 5.74) is -1.65. The summed E-state index contributed by atoms with van der Waals surface area (Å²) in [5, 5.41) is 0. The quantitative estimate of drug-likeness (QED) is 0.396. The number of amides is 3. The SMILES string of the molecule is CC1(C)C(=O)N(c2ccc(F)c(F)c2)C(=O)N1Cc1ccc(S(F)(F)(F)(F)F)cc1. The Kier molecular flexibility index (Phi) is 4.31. The van der Waals surface area contributed by atoms with E-state index in [-0.39, 0.29) is 29.9 Å². The van der Waals surface area contributed by atoms with Gasteiger partial charge in [-0.1, -0.05) is 31.6 Å². The van der Waals surface area contributed by atoms with E-state index in [9.17, 15) is 37.8 Å². The van der Waals surface area contributed by atoms with Crippen LogP contribution < -0.4 is 4.90 Å². The van der Waals surface area contributed by atoms with Crippen molar-refractivity contribution >= 4 is 27.8 Å². The molecule has 1 aliphatic rings. The number of hydrogen-bond donors (Lipinski definition) is 0. The Morgan fingerprint density at radius 2 is 1.43 bits per heavy atom. The molecule has 1 heterocycles. The van der Waals surface area contributed by atoms with Gasteiger partial charge in [0.25, 0.3) is 5.91 Å². The number of carbonyl (C=O) groups excluding carboxylic acids is 2. The zero-order valence-corrected chi connectivity index (χ0v) is 16.3. The van der Waals surface area contributed by atoms with Gasteiger partial charge in [0.2, 0.25) is 0 Å². The fraction of sp³-hybridized carbons (Fsp3) is 0.222. The van der Waals surface area contributed by atoms with E-state index in [4.69, 9.17) is 0 Å². The van der Waals surface area contributed by atoms with Crippen LogP contribution in [-0.2, 0) is 11.3 Å². The molecule has 2 aromatic carbocycles. The number of anilines is 1. The van der Waals surface area contributed by atoms with Crippen molar-refractivity contribution in [2.45, 2.75) is 30.8 Å². The highest BCUT2D eigenvalue weighted by Gasteiger charge is 2.65. The number of nitrogens with zero attached hydrogens (tertiary/aromatic N) is 2. The first kappa shape index (κ1) is 21.9. The van der Waals surface area contributed by atoms with E-state index in [2.05, 4.69) is 0 Å². The number of benzene rings is 2. The first-order valence-electron chi connectivity index (χ1n) is 8.36. The van der Waals surface area contributed by atoms with E-state index in [0.29, 0.717) is 11.0 Å². The Morgan fingerprint density at radius 1 is 0.867 bits per heavy atom. The molecule has 0 unspecified atom stereocenters. The second-order valence-corrected chi connectivity index (χ2v) is 9.69. The Hall–Kier alpha value is -2.76. The average molecular weight is 456 g/mol. The number of carbonyl (C=O) groups is 2. The summed E-state index contributed by atoms with van der Waals surface area (Å²) in [5.74, 6) is -3.24. The first-order chi connectivity index (χ1) is 13.4. The normalized spacial score (nSPS) is 19.1. The minimum atomic E-state index is -9.84. The number of imide groups is 1. The van der Waals surface area contributed by atoms with Gasteiger partial charge < -0.3 is 4.90 Å². The summed E-state index contributed by atoms with van der Waals surface area (Å²) in [7, 11) is -9.84. The van der Waals surface area contributed by atoms with Crippen LogP contribution in [0.3, 0.4) is 0 Å². The van der Waals surface area contributed by atoms with E-state index in [0.717, 1.165) is 29.2 Å². The van der Waals surface area contributed by atoms with E-state index >= 15 is 0 Å². The van der Waals surface area contributed by atoms with Crippen LogP contribution >= 0.6 is 10.2 Å². The maximum Gasteiger partial charge on any atom is 0.332 e. The van der Waals surface area contributed by atoms with Crippen molar-refractivity contribution in [2.75, 3.05) is 4.90 Å². The van der Waals surface area contributed by atoms with Crippen molar-refractivity contribution in [3.8, 4) is 0 Å². The minimum Gasteiger partial charge on any atom is -0.305 e. The molecular weight excluding hydrogens is 441 g/mol. The molecule has 0 aromatic heterocycles. The fourth-order valence-electron chi connectivity index (χ4n) is 2.99. The van der Waals surface area contributed by atoms with E-state index in [1.54, 1.807) is 0 Å². The molecule has 4 nitrogen and oxygen atoms in total. The highest BCUT2D eigenvalue weighted by molar-refractivity contribution is 8.45. The third-order valence-electron chi connectivity index (χ3n) is 4.69. The molecule has 12 heteroatoms. The maximum atomic E-state index is 13.5. The molecule has 0 radical (unpaired) electrons. The van der Waals surface area contributed by atoms with Gasteiger partial charge in [-0.05, 0) is 43.7 Å². The van der Waals surface area contributed by atoms with Gasteiger partial charge in [0.05, 0.1) is 5.69 Å². The van der Waals surface area contributed by atoms with Gasteiger partial charge in [0.1, 0.15) is 10.4 Å². The van der Waals surface area contributed by atoms with E-state index < -0.39 is 44.2 Å². The first-order valence-corrected chi connectivity index (χ1v) is 10.3. The van der Waals surface area contributed by atoms with Crippen molar-refractivity contribution in [1.82, 2.24) is 4.90 Å². The molecule has 0 saturated carbocycles. The van der Waals surface area contributed by atoms with Crippen molar-refractivity contribution in [3.63, 3.8) is 0 Å². The minimum absolute atomic E-state index is 0.0574. The van der Waals surface area contributed by atoms with Crippen LogP contribution in [0.25, 0.3) is 0 Å². The maximum absolute atomic E-state index is 13.5. The molecule has 0 N–H and O–H groups in total. The van der Waals surface area contributed by atoms with E-state index in [1.165, 1.54) is 13.8 Å². The average Bonchev–Trinajstić information content (AvgIpc) is 2.76. The summed E-state index contributed by atoms with van der Waals surface area (Å²) in [6.07, 6.45) is 0. The third kappa shape index (κ3) is 3.83. The van der Waals surface area contributed by atoms with Crippen LogP contribution in [0.15, 0.2) is 47.4 Å². The summed E-state index contributed by atoms with van der Waals surface area (Å²) in [6.45, 7) is 2.34. The topological polar surface area (TPSA) is 40.6 Å². The molecule has 0 bridgehead atoms. The zero-order chi connectivity index (χ0) is 22.8. The van der Waals surface area contributed by atoms with Gasteiger partial charge in [0.15, 0.2) is 11.6 Å². The lowest BCUT2D eigenvalue weighted by atomic mass is 10.0. The smallest absolute Gasteiger partial charge is 0.305 e. The van der Waals surface area contributed by atoms with Crippen molar-refractivity contribution < 1.29 is 37.8 Å². The Labute approximate surface area is 166 Å². The van der Waals surface area contributed by atoms with Crippen LogP contribution in [0, 0.1) is 11.6 Å². The lowest BCUT2D eigenvalue weighted by Crippen LogP contribution is -2.43. The number of halogens is 7. The predicted octanol–water partition coefficient (Wildman–Crippen LogP) is 6.37. The molecule has 1 fully saturated rings. The van der Waals surface area contributed by atoms with Crippen LogP contribution in [-0.4, -0.2) is 22.4 Å². The van der Waals surface area contributed by atoms with Gasteiger partial charge in [-0.2, -0.15) is 0 Å². The molecule has 3 amide bonds. The van der Waals surface area contributed by atoms with Gasteiger partial charge in [-0.15, -0.1) is 0 Å². The Bertz CT molecular complexity index is 1050. The lowest BCUT2D eigenvalue weighted by Gasteiger charge is -2.40. The largest absolute Gasteiger partial charge is 0.332 e. The molecule has 0 spiro atoms. The van der Waals surface area contributed by atoms with Crippen LogP contribution in [0.1, 0.15) is 19.4 Å². The Balaban J connectivity index is 1.92. The standard InChI is InChI=1S/C18H15F7N2O2S/c1-18(2)16(28)27(12-5-8-14(19)15(20)9-12)17(29)26(18)10-11-3-6-13(7-4-11)30(21,22,23,24)25/h3-9H,10H2,1-2H3. The number of rotatable bonds is 4. The molecule has 164 valence electrons. The summed E-state index contributed by atoms with van der Waals surface area (Å²) in [4.78, 5) is 25.0. The molecule has 0 aliphatic carbocycles. The lowest BCUT2D eigenvalue weighted by molar-refractivity contribution is -0.123. The molecule has 1 saturated heterocycles. The Morgan fingerprint density at radius 3 is 1.93 bits per heavy atom. The monoisotopic (exact) mass is 456 g/mol. The second kappa shape index (κ2) is 5.90. The predicted molar refractivity (Wildman–Crippen MR) is 96.7 cm³/mol. The van der Waals surface area contributed by atoms with Gasteiger partial charge >= 0.3 is 16.3 Å². The van der Waals surface area contributed by atoms with Crippen LogP contribution in [0.2, 0.25) is 0 Å². The summed E-state index contributed by atoms with van der Waals surface area (Å²) < 4.78 is 90.9. The molecule has 0 atom stereocenters. The molecule has 2 aromatic rings. The second-order valence-electron chi connectivity index (χ2n) is 7.28. The van der Waals surface area contributed by atoms with Gasteiger partial charge in [-0.25, -0.2) is 18.5 Å². The van der Waals surface area contributed by atoms with Crippen LogP contribution in [0.4, 0.5) is 38.7 Å². The van der Waals surface area contributed by atoms with Gasteiger partial charge in [0, 0.05) is 12.6 Å². The zero-order valence-electron chi connectivity index (χ0n) is 15.5. The summed E-state index contributed by atoms with van der Waals surface area (Å²) >= 11 is 0. The van der Waals surface area contributed by atoms with Gasteiger partial charge in [-0.3, -0.25) is 4.79 Å². The van der Waals surface area contributed by atoms with E-state index in [1.807, 2.05) is 0 Å². The molecule has 3 rings (SSSR count). The highest BCUT2D eigenvalue weighted by atomic mass is 32.5. The highest BCUT2D eigenvalue weighted by Crippen LogP contribution is 3.02. The molecule has 1 aliphatic heterocycles. The van der Waals surface area contributed by atoms with Crippen molar-refractivity contribution in [1.29, 1.82) is 0 Å². The number of urea groups is 1. The third-order valence-corrected chi connectivity index (χ3v) is 5.86. The fourth-order valence-corrected chi connectivity index (χ4v) is 3.64. The molecular formula is C18H15F7N2O2S. The summed E-state index contributed by atoms with van der Waals surface area (Å²) in [6, 6.07) is 3.47. The van der Waals surface area contributed by atoms with Crippen molar-refractivity contribution in [3.05, 3.63) is 59.7 Å². The molecule has 30 heavy (non-hydrogen) atoms.